The molecule has 2 fully saturated rings. The van der Waals surface area contributed by atoms with E-state index in [0.717, 1.165) is 55.8 Å². The van der Waals surface area contributed by atoms with E-state index in [1.807, 2.05) is 34.9 Å². The third-order valence-corrected chi connectivity index (χ3v) is 6.50. The highest BCUT2D eigenvalue weighted by molar-refractivity contribution is 8.01. The molecule has 4 nitrogen and oxygen atoms in total. The minimum Gasteiger partial charge on any atom is -0.371 e. The number of thioether (sulfide) groups is 1. The van der Waals surface area contributed by atoms with Gasteiger partial charge < -0.3 is 9.64 Å². The lowest BCUT2D eigenvalue weighted by Crippen LogP contribution is -2.61. The van der Waals surface area contributed by atoms with E-state index in [-0.39, 0.29) is 16.8 Å². The van der Waals surface area contributed by atoms with Crippen molar-refractivity contribution in [2.75, 3.05) is 18.8 Å². The molecule has 0 bridgehead atoms. The largest absolute Gasteiger partial charge is 0.371 e. The first-order chi connectivity index (χ1) is 11.2. The summed E-state index contributed by atoms with van der Waals surface area (Å²) in [5.74, 6) is 1.30. The molecule has 1 aromatic rings. The van der Waals surface area contributed by atoms with Crippen molar-refractivity contribution < 1.29 is 9.53 Å². The highest BCUT2D eigenvalue weighted by atomic mass is 32.2. The van der Waals surface area contributed by atoms with Crippen molar-refractivity contribution in [2.45, 2.75) is 43.1 Å². The molecule has 1 aliphatic carbocycles. The van der Waals surface area contributed by atoms with E-state index in [4.69, 9.17) is 4.74 Å². The van der Waals surface area contributed by atoms with Gasteiger partial charge in [0.1, 0.15) is 0 Å². The van der Waals surface area contributed by atoms with Crippen LogP contribution in [0.15, 0.2) is 36.0 Å². The number of ether oxygens (including phenoxy) is 1. The molecule has 1 atom stereocenters. The van der Waals surface area contributed by atoms with Gasteiger partial charge >= 0.3 is 0 Å². The second-order valence-electron chi connectivity index (χ2n) is 6.74. The van der Waals surface area contributed by atoms with Crippen molar-refractivity contribution in [1.29, 1.82) is 0 Å². The fourth-order valence-electron chi connectivity index (χ4n) is 3.68. The van der Waals surface area contributed by atoms with Crippen LogP contribution in [0.3, 0.4) is 0 Å². The molecule has 3 heterocycles. The molecule has 2 aliphatic heterocycles. The zero-order valence-electron chi connectivity index (χ0n) is 13.2. The Morgan fingerprint density at radius 2 is 2.35 bits per heavy atom. The number of carbonyl (C=O) groups excluding carboxylic acids is 1. The number of amides is 1. The van der Waals surface area contributed by atoms with Crippen LogP contribution in [-0.2, 0) is 16.1 Å². The standard InChI is InChI=1S/C18H22N2O2S/c21-17(14-5-1-2-6-14)20-12-18(13-20)9-16(11-23-18)22-10-15-7-3-4-8-19-15/h3-5,7-8,16H,1-2,6,9-13H2/t16-/m0/s1. The van der Waals surface area contributed by atoms with Crippen LogP contribution in [0.1, 0.15) is 31.4 Å². The molecule has 0 aromatic carbocycles. The summed E-state index contributed by atoms with van der Waals surface area (Å²) in [6, 6.07) is 5.91. The average Bonchev–Trinajstić information content (AvgIpc) is 3.22. The predicted molar refractivity (Wildman–Crippen MR) is 91.1 cm³/mol. The number of allylic oxidation sites excluding steroid dienone is 1. The van der Waals surface area contributed by atoms with Gasteiger partial charge in [0, 0.05) is 30.6 Å². The second-order valence-corrected chi connectivity index (χ2v) is 8.22. The van der Waals surface area contributed by atoms with Gasteiger partial charge in [0.05, 0.1) is 23.2 Å². The Kier molecular flexibility index (Phi) is 4.16. The quantitative estimate of drug-likeness (QED) is 0.851. The van der Waals surface area contributed by atoms with Crippen molar-refractivity contribution in [3.8, 4) is 0 Å². The van der Waals surface area contributed by atoms with Gasteiger partial charge in [0.2, 0.25) is 5.91 Å². The fourth-order valence-corrected chi connectivity index (χ4v) is 5.23. The molecular weight excluding hydrogens is 308 g/mol. The maximum absolute atomic E-state index is 12.4. The molecular formula is C18H22N2O2S. The maximum atomic E-state index is 12.4. The van der Waals surface area contributed by atoms with E-state index in [1.54, 1.807) is 6.20 Å². The summed E-state index contributed by atoms with van der Waals surface area (Å²) in [5, 5.41) is 0. The second kappa shape index (κ2) is 6.29. The summed E-state index contributed by atoms with van der Waals surface area (Å²) < 4.78 is 6.26. The molecule has 0 saturated carbocycles. The zero-order valence-corrected chi connectivity index (χ0v) is 14.1. The molecule has 0 radical (unpaired) electrons. The fraction of sp³-hybridized carbons (Fsp3) is 0.556. The molecule has 2 saturated heterocycles. The molecule has 122 valence electrons. The van der Waals surface area contributed by atoms with Gasteiger partial charge in [0.15, 0.2) is 0 Å². The van der Waals surface area contributed by atoms with Crippen LogP contribution in [-0.4, -0.2) is 45.5 Å². The highest BCUT2D eigenvalue weighted by Crippen LogP contribution is 2.46. The van der Waals surface area contributed by atoms with Crippen molar-refractivity contribution in [3.63, 3.8) is 0 Å². The summed E-state index contributed by atoms with van der Waals surface area (Å²) in [4.78, 5) is 18.7. The van der Waals surface area contributed by atoms with E-state index in [9.17, 15) is 4.79 Å². The summed E-state index contributed by atoms with van der Waals surface area (Å²) in [6.07, 6.45) is 8.42. The van der Waals surface area contributed by atoms with Crippen LogP contribution in [0.25, 0.3) is 0 Å². The first kappa shape index (κ1) is 15.2. The number of hydrogen-bond donors (Lipinski definition) is 0. The van der Waals surface area contributed by atoms with Crippen LogP contribution >= 0.6 is 11.8 Å². The van der Waals surface area contributed by atoms with Crippen LogP contribution in [0, 0.1) is 0 Å². The number of hydrogen-bond acceptors (Lipinski definition) is 4. The Bertz CT molecular complexity index is 611. The van der Waals surface area contributed by atoms with E-state index in [2.05, 4.69) is 11.1 Å². The number of pyridine rings is 1. The molecule has 4 rings (SSSR count). The summed E-state index contributed by atoms with van der Waals surface area (Å²) in [7, 11) is 0. The number of rotatable bonds is 4. The van der Waals surface area contributed by atoms with Crippen molar-refractivity contribution in [1.82, 2.24) is 9.88 Å². The average molecular weight is 330 g/mol. The minimum absolute atomic E-state index is 0.240. The zero-order chi connectivity index (χ0) is 15.7. The molecule has 0 unspecified atom stereocenters. The summed E-state index contributed by atoms with van der Waals surface area (Å²) >= 11 is 1.98. The Hall–Kier alpha value is -1.33. The highest BCUT2D eigenvalue weighted by Gasteiger charge is 2.51. The normalized spacial score (nSPS) is 25.5. The van der Waals surface area contributed by atoms with Gasteiger partial charge in [-0.15, -0.1) is 11.8 Å². The monoisotopic (exact) mass is 330 g/mol. The topological polar surface area (TPSA) is 42.4 Å². The Balaban J connectivity index is 1.26. The van der Waals surface area contributed by atoms with Crippen LogP contribution in [0.2, 0.25) is 0 Å². The van der Waals surface area contributed by atoms with Gasteiger partial charge in [-0.05, 0) is 37.8 Å². The Morgan fingerprint density at radius 1 is 1.43 bits per heavy atom. The van der Waals surface area contributed by atoms with E-state index in [0.29, 0.717) is 6.61 Å². The van der Waals surface area contributed by atoms with Gasteiger partial charge in [-0.3, -0.25) is 9.78 Å². The molecule has 0 N–H and O–H groups in total. The lowest BCUT2D eigenvalue weighted by molar-refractivity contribution is -0.132. The lowest BCUT2D eigenvalue weighted by Gasteiger charge is -2.47. The van der Waals surface area contributed by atoms with Crippen LogP contribution in [0.5, 0.6) is 0 Å². The van der Waals surface area contributed by atoms with Crippen molar-refractivity contribution in [2.24, 2.45) is 0 Å². The smallest absolute Gasteiger partial charge is 0.249 e. The van der Waals surface area contributed by atoms with E-state index in [1.165, 1.54) is 0 Å². The SMILES string of the molecule is O=C(C1=CCCC1)N1CC2(C[C@H](OCc3ccccn3)CS2)C1. The molecule has 3 aliphatic rings. The lowest BCUT2D eigenvalue weighted by atomic mass is 9.92. The van der Waals surface area contributed by atoms with Gasteiger partial charge in [-0.1, -0.05) is 12.1 Å². The first-order valence-corrected chi connectivity index (χ1v) is 9.36. The Labute approximate surface area is 141 Å². The number of carbonyl (C=O) groups is 1. The minimum atomic E-state index is 0.240. The predicted octanol–water partition coefficient (Wildman–Crippen LogP) is 2.80. The number of nitrogens with zero attached hydrogens (tertiary/aromatic N) is 2. The first-order valence-electron chi connectivity index (χ1n) is 8.38. The third kappa shape index (κ3) is 3.17. The van der Waals surface area contributed by atoms with Gasteiger partial charge in [-0.2, -0.15) is 0 Å². The number of aromatic nitrogens is 1. The molecule has 5 heteroatoms. The number of likely N-dealkylation sites (tertiary alicyclic amines) is 1. The van der Waals surface area contributed by atoms with Crippen molar-refractivity contribution >= 4 is 17.7 Å². The molecule has 1 spiro atoms. The summed E-state index contributed by atoms with van der Waals surface area (Å²) in [5.41, 5.74) is 2.02. The molecule has 23 heavy (non-hydrogen) atoms. The third-order valence-electron chi connectivity index (χ3n) is 4.93. The van der Waals surface area contributed by atoms with Gasteiger partial charge in [-0.25, -0.2) is 0 Å². The van der Waals surface area contributed by atoms with Gasteiger partial charge in [0.25, 0.3) is 0 Å². The maximum Gasteiger partial charge on any atom is 0.249 e. The van der Waals surface area contributed by atoms with E-state index < -0.39 is 0 Å². The van der Waals surface area contributed by atoms with Crippen molar-refractivity contribution in [3.05, 3.63) is 41.7 Å². The van der Waals surface area contributed by atoms with Crippen LogP contribution in [0.4, 0.5) is 0 Å². The molecule has 1 aromatic heterocycles. The molecule has 1 amide bonds. The Morgan fingerprint density at radius 3 is 3.09 bits per heavy atom. The van der Waals surface area contributed by atoms with E-state index >= 15 is 0 Å². The van der Waals surface area contributed by atoms with Crippen LogP contribution < -0.4 is 0 Å². The summed E-state index contributed by atoms with van der Waals surface area (Å²) in [6.45, 7) is 2.35.